The molecule has 0 unspecified atom stereocenters. The SMILES string of the molecule is Cc1c(Nc2c(CO[S+](C)C)nc3c(C(=O)O)cc(N4CCOCC4)nn23)cccc1C(F)(F)F. The summed E-state index contributed by atoms with van der Waals surface area (Å²) in [4.78, 5) is 18.5. The Labute approximate surface area is 202 Å². The van der Waals surface area contributed by atoms with Crippen LogP contribution in [0.3, 0.4) is 0 Å². The van der Waals surface area contributed by atoms with Gasteiger partial charge >= 0.3 is 12.1 Å². The van der Waals surface area contributed by atoms with E-state index in [0.717, 1.165) is 6.07 Å². The third kappa shape index (κ3) is 5.31. The van der Waals surface area contributed by atoms with E-state index in [0.29, 0.717) is 37.8 Å². The largest absolute Gasteiger partial charge is 0.478 e. The fourth-order valence-electron chi connectivity index (χ4n) is 3.76. The number of anilines is 3. The van der Waals surface area contributed by atoms with Gasteiger partial charge in [0.15, 0.2) is 17.3 Å². The van der Waals surface area contributed by atoms with E-state index in [4.69, 9.17) is 8.92 Å². The lowest BCUT2D eigenvalue weighted by molar-refractivity contribution is -0.138. The van der Waals surface area contributed by atoms with Crippen molar-refractivity contribution in [3.05, 3.63) is 46.6 Å². The molecule has 2 aromatic heterocycles. The summed E-state index contributed by atoms with van der Waals surface area (Å²) in [5, 5.41) is 17.5. The van der Waals surface area contributed by atoms with Crippen molar-refractivity contribution in [2.75, 3.05) is 49.0 Å². The molecule has 1 aliphatic heterocycles. The van der Waals surface area contributed by atoms with Gasteiger partial charge in [-0.25, -0.2) is 9.78 Å². The predicted molar refractivity (Wildman–Crippen MR) is 126 cm³/mol. The molecule has 0 spiro atoms. The fourth-order valence-corrected chi connectivity index (χ4v) is 4.11. The number of carboxylic acids is 1. The van der Waals surface area contributed by atoms with Gasteiger partial charge in [0.2, 0.25) is 0 Å². The number of ether oxygens (including phenoxy) is 1. The number of carbonyl (C=O) groups is 1. The summed E-state index contributed by atoms with van der Waals surface area (Å²) in [6.45, 7) is 3.36. The zero-order valence-electron chi connectivity index (χ0n) is 19.3. The topological polar surface area (TPSA) is 101 Å². The minimum Gasteiger partial charge on any atom is -0.478 e. The second-order valence-corrected chi connectivity index (χ2v) is 9.79. The average Bonchev–Trinajstić information content (AvgIpc) is 3.15. The van der Waals surface area contributed by atoms with Gasteiger partial charge in [-0.05, 0) is 24.6 Å². The third-order valence-corrected chi connectivity index (χ3v) is 6.12. The number of hydrogen-bond acceptors (Lipinski definition) is 7. The van der Waals surface area contributed by atoms with Gasteiger partial charge in [0.05, 0.1) is 18.8 Å². The summed E-state index contributed by atoms with van der Waals surface area (Å²) in [5.74, 6) is -0.556. The lowest BCUT2D eigenvalue weighted by atomic mass is 10.1. The van der Waals surface area contributed by atoms with E-state index in [1.54, 1.807) is 0 Å². The second kappa shape index (κ2) is 9.91. The molecule has 1 aliphatic rings. The first kappa shape index (κ1) is 25.1. The van der Waals surface area contributed by atoms with Crippen LogP contribution in [0.2, 0.25) is 0 Å². The Bertz CT molecular complexity index is 1240. The number of fused-ring (bicyclic) bond motifs is 1. The highest BCUT2D eigenvalue weighted by molar-refractivity contribution is 7.90. The highest BCUT2D eigenvalue weighted by Crippen LogP contribution is 2.36. The summed E-state index contributed by atoms with van der Waals surface area (Å²) in [5.41, 5.74) is -0.264. The van der Waals surface area contributed by atoms with E-state index in [-0.39, 0.29) is 34.9 Å². The summed E-state index contributed by atoms with van der Waals surface area (Å²) in [7, 11) is 0. The minimum absolute atomic E-state index is 0.00431. The molecule has 0 saturated carbocycles. The van der Waals surface area contributed by atoms with Crippen LogP contribution in [0.25, 0.3) is 5.65 Å². The van der Waals surface area contributed by atoms with Gasteiger partial charge < -0.3 is 20.1 Å². The van der Waals surface area contributed by atoms with Gasteiger partial charge in [0, 0.05) is 24.8 Å². The zero-order chi connectivity index (χ0) is 25.3. The Morgan fingerprint density at radius 1 is 1.29 bits per heavy atom. The molecular weight excluding hydrogens is 487 g/mol. The highest BCUT2D eigenvalue weighted by atomic mass is 32.2. The van der Waals surface area contributed by atoms with E-state index in [1.165, 1.54) is 29.6 Å². The van der Waals surface area contributed by atoms with Gasteiger partial charge in [-0.1, -0.05) is 6.07 Å². The van der Waals surface area contributed by atoms with Gasteiger partial charge in [0.25, 0.3) is 0 Å². The monoisotopic (exact) mass is 512 g/mol. The number of aromatic carboxylic acids is 1. The minimum atomic E-state index is -4.52. The Kier molecular flexibility index (Phi) is 7.10. The van der Waals surface area contributed by atoms with E-state index in [1.807, 2.05) is 17.4 Å². The van der Waals surface area contributed by atoms with Crippen LogP contribution in [0.5, 0.6) is 0 Å². The number of benzene rings is 1. The zero-order valence-corrected chi connectivity index (χ0v) is 20.2. The molecule has 9 nitrogen and oxygen atoms in total. The molecule has 0 amide bonds. The smallest absolute Gasteiger partial charge is 0.416 e. The summed E-state index contributed by atoms with van der Waals surface area (Å²) in [6.07, 6.45) is -0.807. The Hall–Kier alpha value is -3.03. The van der Waals surface area contributed by atoms with Crippen LogP contribution in [-0.4, -0.2) is 64.5 Å². The van der Waals surface area contributed by atoms with Crippen LogP contribution in [0.15, 0.2) is 24.3 Å². The molecule has 13 heteroatoms. The maximum atomic E-state index is 13.5. The van der Waals surface area contributed by atoms with Crippen LogP contribution in [0.4, 0.5) is 30.5 Å². The van der Waals surface area contributed by atoms with Gasteiger partial charge in [-0.15, -0.1) is 5.10 Å². The van der Waals surface area contributed by atoms with Gasteiger partial charge in [0.1, 0.15) is 41.6 Å². The maximum absolute atomic E-state index is 13.5. The van der Waals surface area contributed by atoms with E-state index in [9.17, 15) is 23.1 Å². The molecule has 2 N–H and O–H groups in total. The van der Waals surface area contributed by atoms with Gasteiger partial charge in [-0.3, -0.25) is 0 Å². The van der Waals surface area contributed by atoms with Crippen molar-refractivity contribution >= 4 is 40.1 Å². The Morgan fingerprint density at radius 2 is 2.00 bits per heavy atom. The quantitative estimate of drug-likeness (QED) is 0.463. The van der Waals surface area contributed by atoms with Crippen LogP contribution >= 0.6 is 0 Å². The van der Waals surface area contributed by atoms with E-state index >= 15 is 0 Å². The number of halogens is 3. The molecular formula is C22H25F3N5O4S+. The Morgan fingerprint density at radius 3 is 2.63 bits per heavy atom. The molecule has 0 aliphatic carbocycles. The van der Waals surface area contributed by atoms with Gasteiger partial charge in [-0.2, -0.15) is 21.9 Å². The summed E-state index contributed by atoms with van der Waals surface area (Å²) >= 11 is -0.419. The summed E-state index contributed by atoms with van der Waals surface area (Å²) < 4.78 is 52.9. The van der Waals surface area contributed by atoms with Crippen LogP contribution in [0, 0.1) is 6.92 Å². The first-order valence-electron chi connectivity index (χ1n) is 10.7. The Balaban J connectivity index is 1.89. The number of aromatic nitrogens is 3. The van der Waals surface area contributed by atoms with Crippen molar-refractivity contribution in [2.24, 2.45) is 0 Å². The number of nitrogens with zero attached hydrogens (tertiary/aromatic N) is 4. The first-order chi connectivity index (χ1) is 16.6. The molecule has 3 heterocycles. The lowest BCUT2D eigenvalue weighted by Crippen LogP contribution is -2.37. The number of imidazole rings is 1. The fraction of sp³-hybridized carbons (Fsp3) is 0.409. The molecule has 0 radical (unpaired) electrons. The number of carboxylic acid groups (broad SMARTS) is 1. The van der Waals surface area contributed by atoms with Crippen LogP contribution in [0.1, 0.15) is 27.2 Å². The average molecular weight is 513 g/mol. The molecule has 0 atom stereocenters. The van der Waals surface area contributed by atoms with Crippen LogP contribution < -0.4 is 10.2 Å². The molecule has 1 fully saturated rings. The predicted octanol–water partition coefficient (Wildman–Crippen LogP) is 3.64. The van der Waals surface area contributed by atoms with E-state index in [2.05, 4.69) is 15.4 Å². The van der Waals surface area contributed by atoms with Crippen molar-refractivity contribution in [3.63, 3.8) is 0 Å². The molecule has 188 valence electrons. The molecule has 4 rings (SSSR count). The van der Waals surface area contributed by atoms with Crippen molar-refractivity contribution < 1.29 is 32.0 Å². The molecule has 35 heavy (non-hydrogen) atoms. The molecule has 1 saturated heterocycles. The maximum Gasteiger partial charge on any atom is 0.416 e. The lowest BCUT2D eigenvalue weighted by Gasteiger charge is -2.28. The van der Waals surface area contributed by atoms with Crippen molar-refractivity contribution in [2.45, 2.75) is 19.7 Å². The number of alkyl halides is 3. The highest BCUT2D eigenvalue weighted by Gasteiger charge is 2.33. The number of morpholine rings is 1. The van der Waals surface area contributed by atoms with Crippen molar-refractivity contribution in [1.82, 2.24) is 14.6 Å². The molecule has 1 aromatic carbocycles. The number of rotatable bonds is 7. The van der Waals surface area contributed by atoms with Crippen molar-refractivity contribution in [1.29, 1.82) is 0 Å². The normalized spacial score (nSPS) is 14.7. The standard InChI is InChI=1S/C22H24F3N5O4S/c1-13-15(22(23,24)25)5-4-6-16(13)26-20-17(12-34-35(2)3)27-19-14(21(31)32)11-18(28-30(19)20)29-7-9-33-10-8-29/h4-6,11H,7-10,12H2,1-3H3,(H-,26,28,31,32)/p+1. The molecule has 0 bridgehead atoms. The van der Waals surface area contributed by atoms with Crippen molar-refractivity contribution in [3.8, 4) is 0 Å². The van der Waals surface area contributed by atoms with Crippen LogP contribution in [-0.2, 0) is 32.9 Å². The third-order valence-electron chi connectivity index (χ3n) is 5.53. The number of hydrogen-bond donors (Lipinski definition) is 2. The first-order valence-corrected chi connectivity index (χ1v) is 12.7. The summed E-state index contributed by atoms with van der Waals surface area (Å²) in [6, 6.07) is 5.28. The molecule has 3 aromatic rings. The van der Waals surface area contributed by atoms with E-state index < -0.39 is 28.9 Å². The number of nitrogens with one attached hydrogen (secondary N) is 1. The second-order valence-electron chi connectivity index (χ2n) is 8.07.